The average Bonchev–Trinajstić information content (AvgIpc) is 3.21. The molecule has 0 unspecified atom stereocenters. The number of ether oxygens (including phenoxy) is 1. The molecule has 0 radical (unpaired) electrons. The lowest BCUT2D eigenvalue weighted by Gasteiger charge is -2.28. The van der Waals surface area contributed by atoms with Crippen LogP contribution in [-0.4, -0.2) is 44.7 Å². The lowest BCUT2D eigenvalue weighted by Crippen LogP contribution is -2.36. The van der Waals surface area contributed by atoms with Crippen LogP contribution in [0.1, 0.15) is 22.5 Å². The van der Waals surface area contributed by atoms with E-state index < -0.39 is 0 Å². The molecule has 2 amide bonds. The smallest absolute Gasteiger partial charge is 0.261 e. The number of amides is 2. The highest BCUT2D eigenvalue weighted by atomic mass is 32.1. The van der Waals surface area contributed by atoms with Crippen LogP contribution >= 0.6 is 11.3 Å². The molecule has 2 heterocycles. The van der Waals surface area contributed by atoms with Gasteiger partial charge in [0.15, 0.2) is 0 Å². The van der Waals surface area contributed by atoms with E-state index in [1.165, 1.54) is 11.3 Å². The van der Waals surface area contributed by atoms with E-state index in [2.05, 4.69) is 15.5 Å². The Morgan fingerprint density at radius 3 is 2.58 bits per heavy atom. The first kappa shape index (κ1) is 18.4. The molecule has 0 bridgehead atoms. The molecular weight excluding hydrogens is 350 g/mol. The molecule has 1 aromatic carbocycles. The number of benzene rings is 1. The van der Waals surface area contributed by atoms with Crippen molar-refractivity contribution < 1.29 is 14.3 Å². The number of anilines is 2. The standard InChI is InChI=1S/C19H23N3O3S/c23-18(4-1-9-20-19(24)17-3-2-14-26-17)21-15-5-7-16(8-6-15)22-10-12-25-13-11-22/h2-3,5-8,14H,1,4,9-13H2,(H,20,24)(H,21,23). The van der Waals surface area contributed by atoms with Crippen LogP contribution in [0.4, 0.5) is 11.4 Å². The van der Waals surface area contributed by atoms with Crippen LogP contribution in [0.5, 0.6) is 0 Å². The highest BCUT2D eigenvalue weighted by Crippen LogP contribution is 2.19. The van der Waals surface area contributed by atoms with Gasteiger partial charge in [0.25, 0.3) is 5.91 Å². The first-order valence-corrected chi connectivity index (χ1v) is 9.64. The molecule has 0 aliphatic carbocycles. The third-order valence-corrected chi connectivity index (χ3v) is 5.01. The summed E-state index contributed by atoms with van der Waals surface area (Å²) in [5.41, 5.74) is 1.93. The molecule has 26 heavy (non-hydrogen) atoms. The summed E-state index contributed by atoms with van der Waals surface area (Å²) in [6, 6.07) is 11.5. The summed E-state index contributed by atoms with van der Waals surface area (Å²) < 4.78 is 5.36. The van der Waals surface area contributed by atoms with Crippen molar-refractivity contribution in [3.63, 3.8) is 0 Å². The Labute approximate surface area is 157 Å². The molecule has 138 valence electrons. The zero-order valence-corrected chi connectivity index (χ0v) is 15.4. The van der Waals surface area contributed by atoms with Crippen molar-refractivity contribution in [2.75, 3.05) is 43.1 Å². The van der Waals surface area contributed by atoms with Crippen LogP contribution in [0, 0.1) is 0 Å². The maximum absolute atomic E-state index is 12.0. The van der Waals surface area contributed by atoms with E-state index in [9.17, 15) is 9.59 Å². The Hall–Kier alpha value is -2.38. The van der Waals surface area contributed by atoms with Gasteiger partial charge in [-0.3, -0.25) is 9.59 Å². The number of morpholine rings is 1. The number of hydrogen-bond acceptors (Lipinski definition) is 5. The van der Waals surface area contributed by atoms with E-state index >= 15 is 0 Å². The number of carbonyl (C=O) groups excluding carboxylic acids is 2. The minimum atomic E-state index is -0.0842. The second kappa shape index (κ2) is 9.35. The minimum Gasteiger partial charge on any atom is -0.378 e. The van der Waals surface area contributed by atoms with E-state index in [-0.39, 0.29) is 11.8 Å². The molecule has 6 nitrogen and oxygen atoms in total. The summed E-state index contributed by atoms with van der Waals surface area (Å²) >= 11 is 1.41. The zero-order valence-electron chi connectivity index (χ0n) is 14.6. The summed E-state index contributed by atoms with van der Waals surface area (Å²) in [6.45, 7) is 3.77. The van der Waals surface area contributed by atoms with E-state index in [1.54, 1.807) is 6.07 Å². The number of rotatable bonds is 7. The molecule has 1 aliphatic rings. The maximum Gasteiger partial charge on any atom is 0.261 e. The monoisotopic (exact) mass is 373 g/mol. The van der Waals surface area contributed by atoms with Crippen molar-refractivity contribution in [2.45, 2.75) is 12.8 Å². The van der Waals surface area contributed by atoms with Crippen molar-refractivity contribution in [1.82, 2.24) is 5.32 Å². The molecule has 1 aliphatic heterocycles. The van der Waals surface area contributed by atoms with Crippen molar-refractivity contribution in [3.05, 3.63) is 46.7 Å². The average molecular weight is 373 g/mol. The van der Waals surface area contributed by atoms with Gasteiger partial charge in [-0.05, 0) is 42.1 Å². The van der Waals surface area contributed by atoms with E-state index in [4.69, 9.17) is 4.74 Å². The first-order chi connectivity index (χ1) is 12.7. The molecule has 0 saturated carbocycles. The predicted molar refractivity (Wildman–Crippen MR) is 104 cm³/mol. The third-order valence-electron chi connectivity index (χ3n) is 4.14. The van der Waals surface area contributed by atoms with E-state index in [1.807, 2.05) is 35.7 Å². The summed E-state index contributed by atoms with van der Waals surface area (Å²) in [5, 5.41) is 7.59. The van der Waals surface area contributed by atoms with Gasteiger partial charge in [-0.2, -0.15) is 0 Å². The summed E-state index contributed by atoms with van der Waals surface area (Å²) in [4.78, 5) is 26.8. The minimum absolute atomic E-state index is 0.0468. The number of nitrogens with zero attached hydrogens (tertiary/aromatic N) is 1. The van der Waals surface area contributed by atoms with Crippen LogP contribution in [0.25, 0.3) is 0 Å². The van der Waals surface area contributed by atoms with Crippen molar-refractivity contribution in [3.8, 4) is 0 Å². The van der Waals surface area contributed by atoms with E-state index in [0.717, 1.165) is 37.7 Å². The van der Waals surface area contributed by atoms with Crippen LogP contribution < -0.4 is 15.5 Å². The fourth-order valence-corrected chi connectivity index (χ4v) is 3.39. The Bertz CT molecular complexity index is 710. The fourth-order valence-electron chi connectivity index (χ4n) is 2.75. The van der Waals surface area contributed by atoms with Gasteiger partial charge in [-0.1, -0.05) is 6.07 Å². The second-order valence-electron chi connectivity index (χ2n) is 6.03. The zero-order chi connectivity index (χ0) is 18.2. The number of nitrogens with one attached hydrogen (secondary N) is 2. The summed E-state index contributed by atoms with van der Waals surface area (Å²) in [6.07, 6.45) is 0.977. The molecule has 0 spiro atoms. The van der Waals surface area contributed by atoms with Gasteiger partial charge in [0.1, 0.15) is 0 Å². The number of thiophene rings is 1. The van der Waals surface area contributed by atoms with Crippen LogP contribution in [-0.2, 0) is 9.53 Å². The van der Waals surface area contributed by atoms with Gasteiger partial charge < -0.3 is 20.3 Å². The molecular formula is C19H23N3O3S. The number of hydrogen-bond donors (Lipinski definition) is 2. The van der Waals surface area contributed by atoms with Gasteiger partial charge in [-0.15, -0.1) is 11.3 Å². The first-order valence-electron chi connectivity index (χ1n) is 8.77. The topological polar surface area (TPSA) is 70.7 Å². The molecule has 0 atom stereocenters. The summed E-state index contributed by atoms with van der Waals surface area (Å²) in [7, 11) is 0. The van der Waals surface area contributed by atoms with Gasteiger partial charge in [0.2, 0.25) is 5.91 Å². The van der Waals surface area contributed by atoms with Gasteiger partial charge in [-0.25, -0.2) is 0 Å². The van der Waals surface area contributed by atoms with Crippen LogP contribution in [0.3, 0.4) is 0 Å². The molecule has 1 fully saturated rings. The molecule has 3 rings (SSSR count). The SMILES string of the molecule is O=C(CCCNC(=O)c1cccs1)Nc1ccc(N2CCOCC2)cc1. The van der Waals surface area contributed by atoms with Gasteiger partial charge in [0, 0.05) is 37.4 Å². The Morgan fingerprint density at radius 2 is 1.88 bits per heavy atom. The van der Waals surface area contributed by atoms with Crippen molar-refractivity contribution in [2.24, 2.45) is 0 Å². The highest BCUT2D eigenvalue weighted by Gasteiger charge is 2.11. The number of carbonyl (C=O) groups is 2. The third kappa shape index (κ3) is 5.31. The predicted octanol–water partition coefficient (Wildman–Crippen LogP) is 2.73. The molecule has 7 heteroatoms. The highest BCUT2D eigenvalue weighted by molar-refractivity contribution is 7.12. The second-order valence-corrected chi connectivity index (χ2v) is 6.98. The molecule has 1 aromatic heterocycles. The molecule has 1 saturated heterocycles. The van der Waals surface area contributed by atoms with E-state index in [0.29, 0.717) is 24.3 Å². The van der Waals surface area contributed by atoms with Crippen molar-refractivity contribution >= 4 is 34.5 Å². The maximum atomic E-state index is 12.0. The van der Waals surface area contributed by atoms with Crippen LogP contribution in [0.15, 0.2) is 41.8 Å². The fraction of sp³-hybridized carbons (Fsp3) is 0.368. The normalized spacial score (nSPS) is 14.1. The van der Waals surface area contributed by atoms with Crippen molar-refractivity contribution in [1.29, 1.82) is 0 Å². The van der Waals surface area contributed by atoms with Crippen LogP contribution in [0.2, 0.25) is 0 Å². The van der Waals surface area contributed by atoms with Gasteiger partial charge in [0.05, 0.1) is 18.1 Å². The molecule has 2 N–H and O–H groups in total. The molecule has 2 aromatic rings. The summed E-state index contributed by atoms with van der Waals surface area (Å²) in [5.74, 6) is -0.131. The lowest BCUT2D eigenvalue weighted by molar-refractivity contribution is -0.116. The largest absolute Gasteiger partial charge is 0.378 e. The lowest BCUT2D eigenvalue weighted by atomic mass is 10.2. The van der Waals surface area contributed by atoms with Gasteiger partial charge >= 0.3 is 0 Å². The Kier molecular flexibility index (Phi) is 6.62. The Balaban J connectivity index is 1.37. The quantitative estimate of drug-likeness (QED) is 0.732. The Morgan fingerprint density at radius 1 is 1.12 bits per heavy atom.